The van der Waals surface area contributed by atoms with Gasteiger partial charge in [0.2, 0.25) is 5.91 Å². The first-order valence-corrected chi connectivity index (χ1v) is 5.16. The zero-order valence-electron chi connectivity index (χ0n) is 9.34. The van der Waals surface area contributed by atoms with Gasteiger partial charge in [-0.25, -0.2) is 0 Å². The van der Waals surface area contributed by atoms with E-state index in [2.05, 4.69) is 5.32 Å². The van der Waals surface area contributed by atoms with Crippen LogP contribution in [0.1, 0.15) is 33.6 Å². The van der Waals surface area contributed by atoms with Crippen LogP contribution in [-0.4, -0.2) is 30.2 Å². The Hall–Kier alpha value is -0.610. The van der Waals surface area contributed by atoms with Crippen LogP contribution in [0.2, 0.25) is 0 Å². The van der Waals surface area contributed by atoms with Crippen LogP contribution >= 0.6 is 0 Å². The van der Waals surface area contributed by atoms with E-state index < -0.39 is 11.5 Å². The molecule has 4 N–H and O–H groups in total. The summed E-state index contributed by atoms with van der Waals surface area (Å²) < 4.78 is 0. The van der Waals surface area contributed by atoms with E-state index in [1.165, 1.54) is 0 Å². The van der Waals surface area contributed by atoms with Crippen molar-refractivity contribution in [3.8, 4) is 0 Å². The number of nitrogens with two attached hydrogens (primary N) is 1. The summed E-state index contributed by atoms with van der Waals surface area (Å²) in [5.41, 5.74) is 5.03. The van der Waals surface area contributed by atoms with Crippen LogP contribution in [0.25, 0.3) is 0 Å². The van der Waals surface area contributed by atoms with Gasteiger partial charge in [0.15, 0.2) is 0 Å². The minimum absolute atomic E-state index is 0.0741. The van der Waals surface area contributed by atoms with Gasteiger partial charge in [0.05, 0.1) is 11.5 Å². The van der Waals surface area contributed by atoms with Gasteiger partial charge >= 0.3 is 0 Å². The van der Waals surface area contributed by atoms with Gasteiger partial charge in [-0.1, -0.05) is 13.8 Å². The lowest BCUT2D eigenvalue weighted by molar-refractivity contribution is -0.130. The summed E-state index contributed by atoms with van der Waals surface area (Å²) >= 11 is 0. The number of hydrogen-bond donors (Lipinski definition) is 3. The fourth-order valence-corrected chi connectivity index (χ4v) is 0.966. The van der Waals surface area contributed by atoms with Crippen LogP contribution in [0.4, 0.5) is 0 Å². The zero-order chi connectivity index (χ0) is 11.2. The second kappa shape index (κ2) is 5.98. The summed E-state index contributed by atoms with van der Waals surface area (Å²) in [6.07, 6.45) is 0.890. The molecule has 0 aromatic heterocycles. The van der Waals surface area contributed by atoms with Gasteiger partial charge in [-0.3, -0.25) is 4.79 Å². The predicted octanol–water partition coefficient (Wildman–Crippen LogP) is 0.249. The lowest BCUT2D eigenvalue weighted by Crippen LogP contribution is -2.45. The van der Waals surface area contributed by atoms with Crippen molar-refractivity contribution in [3.05, 3.63) is 0 Å². The molecule has 0 saturated heterocycles. The Balaban J connectivity index is 4.06. The molecule has 0 saturated carbocycles. The van der Waals surface area contributed by atoms with Crippen molar-refractivity contribution >= 4 is 5.91 Å². The molecule has 0 aliphatic rings. The number of amides is 1. The third-order valence-electron chi connectivity index (χ3n) is 2.75. The van der Waals surface area contributed by atoms with Gasteiger partial charge in [-0.2, -0.15) is 0 Å². The van der Waals surface area contributed by atoms with Crippen molar-refractivity contribution < 1.29 is 9.90 Å². The Morgan fingerprint density at radius 3 is 2.50 bits per heavy atom. The van der Waals surface area contributed by atoms with Crippen molar-refractivity contribution in [3.63, 3.8) is 0 Å². The van der Waals surface area contributed by atoms with Crippen molar-refractivity contribution in [2.24, 2.45) is 11.1 Å². The van der Waals surface area contributed by atoms with Crippen molar-refractivity contribution in [1.82, 2.24) is 5.32 Å². The summed E-state index contributed by atoms with van der Waals surface area (Å²) in [4.78, 5) is 11.6. The summed E-state index contributed by atoms with van der Waals surface area (Å²) in [5, 5.41) is 12.0. The molecule has 0 aliphatic carbocycles. The molecule has 0 aromatic rings. The number of aliphatic hydroxyl groups is 1. The van der Waals surface area contributed by atoms with E-state index in [1.807, 2.05) is 20.8 Å². The topological polar surface area (TPSA) is 75.3 Å². The average molecular weight is 202 g/mol. The van der Waals surface area contributed by atoms with E-state index in [4.69, 9.17) is 5.73 Å². The van der Waals surface area contributed by atoms with Crippen LogP contribution in [0.3, 0.4) is 0 Å². The predicted molar refractivity (Wildman–Crippen MR) is 56.8 cm³/mol. The van der Waals surface area contributed by atoms with Crippen molar-refractivity contribution in [2.45, 2.75) is 39.7 Å². The lowest BCUT2D eigenvalue weighted by atomic mass is 9.86. The molecule has 0 aliphatic heterocycles. The maximum atomic E-state index is 11.6. The summed E-state index contributed by atoms with van der Waals surface area (Å²) in [6, 6.07) is 0. The molecule has 0 rings (SSSR count). The van der Waals surface area contributed by atoms with Gasteiger partial charge in [0, 0.05) is 13.1 Å². The molecular formula is C10H22N2O2. The first kappa shape index (κ1) is 13.4. The Labute approximate surface area is 85.9 Å². The normalized spacial score (nSPS) is 17.2. The third kappa shape index (κ3) is 3.64. The molecule has 0 bridgehead atoms. The zero-order valence-corrected chi connectivity index (χ0v) is 9.34. The molecule has 4 nitrogen and oxygen atoms in total. The smallest absolute Gasteiger partial charge is 0.227 e. The standard InChI is InChI=1S/C10H22N2O2/c1-4-8(13)6-12-9(14)10(3,5-2)7-11/h8,13H,4-7,11H2,1-3H3,(H,12,14). The fourth-order valence-electron chi connectivity index (χ4n) is 0.966. The molecule has 0 aromatic carbocycles. The van der Waals surface area contributed by atoms with Crippen LogP contribution in [0.15, 0.2) is 0 Å². The summed E-state index contributed by atoms with van der Waals surface area (Å²) in [6.45, 7) is 6.28. The number of carbonyl (C=O) groups excluding carboxylic acids is 1. The second-order valence-electron chi connectivity index (χ2n) is 3.89. The molecule has 2 unspecified atom stereocenters. The Bertz CT molecular complexity index is 179. The molecule has 84 valence electrons. The number of carbonyl (C=O) groups is 1. The van der Waals surface area contributed by atoms with Gasteiger partial charge in [-0.15, -0.1) is 0 Å². The molecule has 0 spiro atoms. The van der Waals surface area contributed by atoms with Crippen LogP contribution in [-0.2, 0) is 4.79 Å². The van der Waals surface area contributed by atoms with Gasteiger partial charge in [0.1, 0.15) is 0 Å². The third-order valence-corrected chi connectivity index (χ3v) is 2.75. The van der Waals surface area contributed by atoms with Crippen LogP contribution < -0.4 is 11.1 Å². The van der Waals surface area contributed by atoms with Crippen molar-refractivity contribution in [1.29, 1.82) is 0 Å². The number of nitrogens with one attached hydrogen (secondary N) is 1. The Morgan fingerprint density at radius 2 is 2.14 bits per heavy atom. The second-order valence-corrected chi connectivity index (χ2v) is 3.89. The molecule has 14 heavy (non-hydrogen) atoms. The Kier molecular flexibility index (Phi) is 5.72. The van der Waals surface area contributed by atoms with Crippen LogP contribution in [0.5, 0.6) is 0 Å². The quantitative estimate of drug-likeness (QED) is 0.578. The van der Waals surface area contributed by atoms with E-state index in [1.54, 1.807) is 0 Å². The Morgan fingerprint density at radius 1 is 1.57 bits per heavy atom. The van der Waals surface area contributed by atoms with Crippen molar-refractivity contribution in [2.75, 3.05) is 13.1 Å². The summed E-state index contributed by atoms with van der Waals surface area (Å²) in [5.74, 6) is -0.0741. The van der Waals surface area contributed by atoms with E-state index in [9.17, 15) is 9.90 Å². The molecule has 1 amide bonds. The number of rotatable bonds is 6. The minimum Gasteiger partial charge on any atom is -0.391 e. The molecule has 2 atom stereocenters. The maximum absolute atomic E-state index is 11.6. The minimum atomic E-state index is -0.506. The highest BCUT2D eigenvalue weighted by molar-refractivity contribution is 5.82. The highest BCUT2D eigenvalue weighted by Crippen LogP contribution is 2.18. The molecular weight excluding hydrogens is 180 g/mol. The van der Waals surface area contributed by atoms with Gasteiger partial charge in [-0.05, 0) is 19.8 Å². The van der Waals surface area contributed by atoms with Gasteiger partial charge < -0.3 is 16.2 Å². The maximum Gasteiger partial charge on any atom is 0.227 e. The van der Waals surface area contributed by atoms with E-state index >= 15 is 0 Å². The van der Waals surface area contributed by atoms with Crippen LogP contribution in [0, 0.1) is 5.41 Å². The highest BCUT2D eigenvalue weighted by atomic mass is 16.3. The highest BCUT2D eigenvalue weighted by Gasteiger charge is 2.29. The number of hydrogen-bond acceptors (Lipinski definition) is 3. The average Bonchev–Trinajstić information content (AvgIpc) is 2.23. The van der Waals surface area contributed by atoms with E-state index in [-0.39, 0.29) is 5.91 Å². The lowest BCUT2D eigenvalue weighted by Gasteiger charge is -2.25. The summed E-state index contributed by atoms with van der Waals surface area (Å²) in [7, 11) is 0. The largest absolute Gasteiger partial charge is 0.391 e. The molecule has 4 heteroatoms. The SMILES string of the molecule is CCC(O)CNC(=O)C(C)(CC)CN. The first-order chi connectivity index (χ1) is 6.50. The van der Waals surface area contributed by atoms with E-state index in [0.29, 0.717) is 25.9 Å². The first-order valence-electron chi connectivity index (χ1n) is 5.16. The monoisotopic (exact) mass is 202 g/mol. The fraction of sp³-hybridized carbons (Fsp3) is 0.900. The van der Waals surface area contributed by atoms with Gasteiger partial charge in [0.25, 0.3) is 0 Å². The molecule has 0 fully saturated rings. The number of aliphatic hydroxyl groups excluding tert-OH is 1. The van der Waals surface area contributed by atoms with E-state index in [0.717, 1.165) is 0 Å². The molecule has 0 radical (unpaired) electrons. The molecule has 0 heterocycles.